The van der Waals surface area contributed by atoms with E-state index in [0.717, 1.165) is 11.1 Å². The van der Waals surface area contributed by atoms with Gasteiger partial charge in [0.1, 0.15) is 0 Å². The number of aliphatic hydroxyl groups excluding tert-OH is 1. The number of aliphatic hydroxyl groups is 1. The fourth-order valence-electron chi connectivity index (χ4n) is 1.66. The van der Waals surface area contributed by atoms with E-state index in [4.69, 9.17) is 5.11 Å². The Morgan fingerprint density at radius 3 is 2.95 bits per heavy atom. The number of carbonyl (C=O) groups is 1. The van der Waals surface area contributed by atoms with Crippen LogP contribution in [0.2, 0.25) is 0 Å². The third-order valence-corrected chi connectivity index (χ3v) is 2.54. The maximum atomic E-state index is 11.3. The van der Waals surface area contributed by atoms with E-state index in [-0.39, 0.29) is 12.5 Å². The van der Waals surface area contributed by atoms with E-state index in [1.807, 2.05) is 36.2 Å². The Balaban J connectivity index is 2.62. The molecule has 4 heteroatoms. The molecule has 0 heterocycles. The molecular formula is C15H20N2O2. The summed E-state index contributed by atoms with van der Waals surface area (Å²) < 4.78 is 0. The Bertz CT molecular complexity index is 475. The molecule has 2 N–H and O–H groups in total. The fourth-order valence-corrected chi connectivity index (χ4v) is 1.66. The first kappa shape index (κ1) is 15.2. The van der Waals surface area contributed by atoms with Crippen molar-refractivity contribution in [2.45, 2.75) is 13.0 Å². The quantitative estimate of drug-likeness (QED) is 0.762. The number of nitrogens with one attached hydrogen (secondary N) is 1. The summed E-state index contributed by atoms with van der Waals surface area (Å²) >= 11 is 0. The van der Waals surface area contributed by atoms with Crippen molar-refractivity contribution >= 4 is 5.91 Å². The molecular weight excluding hydrogens is 240 g/mol. The van der Waals surface area contributed by atoms with Gasteiger partial charge in [0.2, 0.25) is 5.91 Å². The van der Waals surface area contributed by atoms with Crippen LogP contribution in [0.3, 0.4) is 0 Å². The van der Waals surface area contributed by atoms with Crippen molar-refractivity contribution in [1.82, 2.24) is 10.2 Å². The second-order valence-electron chi connectivity index (χ2n) is 4.32. The Morgan fingerprint density at radius 2 is 2.26 bits per heavy atom. The number of carbonyl (C=O) groups excluding carboxylic acids is 1. The van der Waals surface area contributed by atoms with Crippen LogP contribution in [-0.4, -0.2) is 43.2 Å². The number of nitrogens with zero attached hydrogens (tertiary/aromatic N) is 1. The molecule has 0 aliphatic heterocycles. The lowest BCUT2D eigenvalue weighted by Gasteiger charge is -2.15. The smallest absolute Gasteiger partial charge is 0.233 e. The molecule has 0 spiro atoms. The summed E-state index contributed by atoms with van der Waals surface area (Å²) in [5, 5.41) is 11.3. The predicted octanol–water partition coefficient (Wildman–Crippen LogP) is 0.598. The molecule has 0 saturated carbocycles. The van der Waals surface area contributed by atoms with Crippen LogP contribution in [0.1, 0.15) is 17.5 Å². The van der Waals surface area contributed by atoms with Crippen molar-refractivity contribution in [1.29, 1.82) is 0 Å². The third kappa shape index (κ3) is 6.05. The van der Waals surface area contributed by atoms with E-state index in [2.05, 4.69) is 17.2 Å². The van der Waals surface area contributed by atoms with Crippen LogP contribution in [0, 0.1) is 11.8 Å². The van der Waals surface area contributed by atoms with Crippen molar-refractivity contribution in [3.05, 3.63) is 35.4 Å². The van der Waals surface area contributed by atoms with Crippen molar-refractivity contribution in [2.75, 3.05) is 27.2 Å². The fraction of sp³-hybridized carbons (Fsp3) is 0.400. The normalized spacial score (nSPS) is 9.89. The highest BCUT2D eigenvalue weighted by atomic mass is 16.2. The average Bonchev–Trinajstić information content (AvgIpc) is 2.39. The number of rotatable bonds is 5. The molecule has 0 unspecified atom stereocenters. The van der Waals surface area contributed by atoms with Crippen LogP contribution in [0.25, 0.3) is 0 Å². The van der Waals surface area contributed by atoms with Crippen LogP contribution in [0.15, 0.2) is 24.3 Å². The lowest BCUT2D eigenvalue weighted by molar-refractivity contribution is -0.121. The second kappa shape index (κ2) is 8.30. The molecule has 0 atom stereocenters. The number of hydrogen-bond donors (Lipinski definition) is 2. The van der Waals surface area contributed by atoms with Gasteiger partial charge in [-0.05, 0) is 24.7 Å². The minimum Gasteiger partial charge on any atom is -0.395 e. The van der Waals surface area contributed by atoms with E-state index in [1.54, 1.807) is 7.05 Å². The van der Waals surface area contributed by atoms with Crippen LogP contribution in [0.5, 0.6) is 0 Å². The Morgan fingerprint density at radius 1 is 1.47 bits per heavy atom. The lowest BCUT2D eigenvalue weighted by atomic mass is 10.1. The molecule has 0 aromatic heterocycles. The van der Waals surface area contributed by atoms with Gasteiger partial charge in [-0.25, -0.2) is 0 Å². The largest absolute Gasteiger partial charge is 0.395 e. The summed E-state index contributed by atoms with van der Waals surface area (Å²) in [6.07, 6.45) is 0.487. The van der Waals surface area contributed by atoms with E-state index in [1.165, 1.54) is 0 Å². The summed E-state index contributed by atoms with van der Waals surface area (Å²) in [4.78, 5) is 13.2. The summed E-state index contributed by atoms with van der Waals surface area (Å²) in [5.74, 6) is 5.90. The molecule has 1 aromatic rings. The molecule has 0 aliphatic rings. The second-order valence-corrected chi connectivity index (χ2v) is 4.32. The zero-order chi connectivity index (χ0) is 14.1. The molecule has 4 nitrogen and oxygen atoms in total. The van der Waals surface area contributed by atoms with Crippen LogP contribution in [0.4, 0.5) is 0 Å². The highest BCUT2D eigenvalue weighted by molar-refractivity contribution is 5.77. The molecule has 0 aliphatic carbocycles. The number of amides is 1. The molecule has 0 fully saturated rings. The van der Waals surface area contributed by atoms with Crippen molar-refractivity contribution in [3.63, 3.8) is 0 Å². The van der Waals surface area contributed by atoms with Gasteiger partial charge >= 0.3 is 0 Å². The molecule has 0 saturated heterocycles. The van der Waals surface area contributed by atoms with Crippen molar-refractivity contribution in [2.24, 2.45) is 0 Å². The summed E-state index contributed by atoms with van der Waals surface area (Å²) in [6, 6.07) is 7.90. The maximum Gasteiger partial charge on any atom is 0.233 e. The number of benzene rings is 1. The number of likely N-dealkylation sites (N-methyl/N-ethyl adjacent to an activating group) is 2. The summed E-state index contributed by atoms with van der Waals surface area (Å²) in [5.41, 5.74) is 2.04. The topological polar surface area (TPSA) is 52.6 Å². The zero-order valence-electron chi connectivity index (χ0n) is 11.4. The first-order valence-electron chi connectivity index (χ1n) is 6.23. The summed E-state index contributed by atoms with van der Waals surface area (Å²) in [7, 11) is 3.53. The van der Waals surface area contributed by atoms with Gasteiger partial charge in [-0.1, -0.05) is 24.0 Å². The highest BCUT2D eigenvalue weighted by Crippen LogP contribution is 2.06. The monoisotopic (exact) mass is 260 g/mol. The SMILES string of the molecule is CNC(=O)CN(C)Cc1cccc(C#CCCO)c1. The molecule has 0 radical (unpaired) electrons. The van der Waals surface area contributed by atoms with Crippen molar-refractivity contribution < 1.29 is 9.90 Å². The Hall–Kier alpha value is -1.83. The van der Waals surface area contributed by atoms with E-state index < -0.39 is 0 Å². The maximum absolute atomic E-state index is 11.3. The van der Waals surface area contributed by atoms with Crippen LogP contribution >= 0.6 is 0 Å². The number of hydrogen-bond acceptors (Lipinski definition) is 3. The third-order valence-electron chi connectivity index (χ3n) is 2.54. The minimum absolute atomic E-state index is 0.00129. The predicted molar refractivity (Wildman–Crippen MR) is 75.4 cm³/mol. The summed E-state index contributed by atoms with van der Waals surface area (Å²) in [6.45, 7) is 1.15. The first-order chi connectivity index (χ1) is 9.15. The molecule has 0 bridgehead atoms. The lowest BCUT2D eigenvalue weighted by Crippen LogP contribution is -2.32. The van der Waals surface area contributed by atoms with Gasteiger partial charge < -0.3 is 10.4 Å². The molecule has 19 heavy (non-hydrogen) atoms. The van der Waals surface area contributed by atoms with E-state index in [9.17, 15) is 4.79 Å². The van der Waals surface area contributed by atoms with Crippen molar-refractivity contribution in [3.8, 4) is 11.8 Å². The Labute approximate surface area is 114 Å². The highest BCUT2D eigenvalue weighted by Gasteiger charge is 2.05. The van der Waals surface area contributed by atoms with Gasteiger partial charge in [-0.2, -0.15) is 0 Å². The minimum atomic E-state index is 0.00129. The molecule has 1 aromatic carbocycles. The van der Waals surface area contributed by atoms with Gasteiger partial charge in [-0.3, -0.25) is 9.69 Å². The molecule has 102 valence electrons. The van der Waals surface area contributed by atoms with Gasteiger partial charge in [-0.15, -0.1) is 0 Å². The zero-order valence-corrected chi connectivity index (χ0v) is 11.4. The molecule has 1 amide bonds. The van der Waals surface area contributed by atoms with Crippen LogP contribution < -0.4 is 5.32 Å². The van der Waals surface area contributed by atoms with E-state index in [0.29, 0.717) is 19.5 Å². The van der Waals surface area contributed by atoms with Gasteiger partial charge in [0.05, 0.1) is 13.2 Å². The average molecular weight is 260 g/mol. The van der Waals surface area contributed by atoms with Crippen LogP contribution in [-0.2, 0) is 11.3 Å². The van der Waals surface area contributed by atoms with Gasteiger partial charge in [0.15, 0.2) is 0 Å². The standard InChI is InChI=1S/C15H20N2O2/c1-16-15(19)12-17(2)11-14-8-5-7-13(10-14)6-3-4-9-18/h5,7-8,10,18H,4,9,11-12H2,1-2H3,(H,16,19). The van der Waals surface area contributed by atoms with Gasteiger partial charge in [0, 0.05) is 25.6 Å². The Kier molecular flexibility index (Phi) is 6.65. The first-order valence-corrected chi connectivity index (χ1v) is 6.23. The van der Waals surface area contributed by atoms with E-state index >= 15 is 0 Å². The van der Waals surface area contributed by atoms with Gasteiger partial charge in [0.25, 0.3) is 0 Å². The molecule has 1 rings (SSSR count).